The molecule has 1 unspecified atom stereocenters. The van der Waals surface area contributed by atoms with Crippen LogP contribution < -0.4 is 10.2 Å². The van der Waals surface area contributed by atoms with E-state index in [1.807, 2.05) is 4.90 Å². The monoisotopic (exact) mass is 449 g/mol. The van der Waals surface area contributed by atoms with Crippen LogP contribution in [-0.4, -0.2) is 63.5 Å². The number of amides is 1. The number of halogens is 3. The maximum absolute atomic E-state index is 13.2. The Kier molecular flexibility index (Phi) is 8.15. The minimum atomic E-state index is -4.51. The number of anilines is 2. The molecule has 0 spiro atoms. The Labute approximate surface area is 176 Å². The first kappa shape index (κ1) is 24.5. The minimum Gasteiger partial charge on any atom is -0.370 e. The largest absolute Gasteiger partial charge is 0.416 e. The van der Waals surface area contributed by atoms with Gasteiger partial charge in [0, 0.05) is 25.4 Å². The molecule has 30 heavy (non-hydrogen) atoms. The van der Waals surface area contributed by atoms with Crippen LogP contribution in [-0.2, 0) is 20.8 Å². The number of carbonyl (C=O) groups is 1. The third-order valence-electron chi connectivity index (χ3n) is 5.21. The van der Waals surface area contributed by atoms with Crippen molar-refractivity contribution < 1.29 is 26.4 Å². The van der Waals surface area contributed by atoms with Gasteiger partial charge in [-0.1, -0.05) is 6.92 Å². The molecule has 1 atom stereocenters. The SMILES string of the molecule is CCN(CC(=O)Nc1cc(C(F)(F)F)ccc1N1CCCCC1)C(C)CS(C)(=O)=O. The maximum Gasteiger partial charge on any atom is 0.416 e. The molecule has 0 aliphatic carbocycles. The molecule has 0 bridgehead atoms. The summed E-state index contributed by atoms with van der Waals surface area (Å²) in [5.41, 5.74) is -0.122. The fourth-order valence-electron chi connectivity index (χ4n) is 3.72. The summed E-state index contributed by atoms with van der Waals surface area (Å²) in [6, 6.07) is 3.02. The number of benzene rings is 1. The van der Waals surface area contributed by atoms with Gasteiger partial charge in [-0.3, -0.25) is 9.69 Å². The molecule has 1 aromatic rings. The lowest BCUT2D eigenvalue weighted by atomic mass is 10.1. The molecular formula is C20H30F3N3O3S. The van der Waals surface area contributed by atoms with Crippen molar-refractivity contribution in [2.45, 2.75) is 45.3 Å². The van der Waals surface area contributed by atoms with Crippen LogP contribution in [0.15, 0.2) is 18.2 Å². The first-order chi connectivity index (χ1) is 13.9. The number of sulfone groups is 1. The highest BCUT2D eigenvalue weighted by atomic mass is 32.2. The molecule has 1 amide bonds. The number of hydrogen-bond donors (Lipinski definition) is 1. The van der Waals surface area contributed by atoms with Crippen LogP contribution in [0.1, 0.15) is 38.7 Å². The standard InChI is InChI=1S/C20H30F3N3O3S/c1-4-25(15(2)14-30(3,28)29)13-19(27)24-17-12-16(20(21,22)23)8-9-18(17)26-10-6-5-7-11-26/h8-9,12,15H,4-7,10-11,13-14H2,1-3H3,(H,24,27). The predicted molar refractivity (Wildman–Crippen MR) is 113 cm³/mol. The van der Waals surface area contributed by atoms with Gasteiger partial charge in [0.05, 0.1) is 29.2 Å². The fourth-order valence-corrected chi connectivity index (χ4v) is 4.81. The minimum absolute atomic E-state index is 0.100. The van der Waals surface area contributed by atoms with Crippen LogP contribution in [0.5, 0.6) is 0 Å². The summed E-state index contributed by atoms with van der Waals surface area (Å²) in [5.74, 6) is -0.578. The van der Waals surface area contributed by atoms with Gasteiger partial charge in [0.1, 0.15) is 9.84 Å². The van der Waals surface area contributed by atoms with Gasteiger partial charge in [0.25, 0.3) is 0 Å². The quantitative estimate of drug-likeness (QED) is 0.659. The maximum atomic E-state index is 13.2. The molecule has 2 rings (SSSR count). The summed E-state index contributed by atoms with van der Waals surface area (Å²) in [7, 11) is -3.22. The molecule has 1 aliphatic heterocycles. The summed E-state index contributed by atoms with van der Waals surface area (Å²) >= 11 is 0. The fraction of sp³-hybridized carbons (Fsp3) is 0.650. The molecule has 10 heteroatoms. The van der Waals surface area contributed by atoms with Crippen molar-refractivity contribution >= 4 is 27.1 Å². The third kappa shape index (κ3) is 7.16. The van der Waals surface area contributed by atoms with Gasteiger partial charge in [0.2, 0.25) is 5.91 Å². The molecule has 1 aliphatic rings. The number of carbonyl (C=O) groups excluding carboxylic acids is 1. The average molecular weight is 450 g/mol. The van der Waals surface area contributed by atoms with Gasteiger partial charge >= 0.3 is 6.18 Å². The first-order valence-corrected chi connectivity index (χ1v) is 12.1. The smallest absolute Gasteiger partial charge is 0.370 e. The Morgan fingerprint density at radius 1 is 1.23 bits per heavy atom. The van der Waals surface area contributed by atoms with Crippen LogP contribution in [0.2, 0.25) is 0 Å². The molecule has 0 aromatic heterocycles. The van der Waals surface area contributed by atoms with Crippen molar-refractivity contribution in [2.75, 3.05) is 48.4 Å². The second-order valence-corrected chi connectivity index (χ2v) is 10.0. The van der Waals surface area contributed by atoms with Gasteiger partial charge in [-0.15, -0.1) is 0 Å². The second-order valence-electron chi connectivity index (χ2n) is 7.83. The number of likely N-dealkylation sites (N-methyl/N-ethyl adjacent to an activating group) is 1. The van der Waals surface area contributed by atoms with Crippen molar-refractivity contribution in [3.8, 4) is 0 Å². The van der Waals surface area contributed by atoms with E-state index in [4.69, 9.17) is 0 Å². The van der Waals surface area contributed by atoms with Crippen molar-refractivity contribution in [1.29, 1.82) is 0 Å². The molecule has 1 saturated heterocycles. The lowest BCUT2D eigenvalue weighted by Crippen LogP contribution is -2.42. The Balaban J connectivity index is 2.22. The van der Waals surface area contributed by atoms with E-state index in [1.165, 1.54) is 6.07 Å². The second kappa shape index (κ2) is 10.00. The lowest BCUT2D eigenvalue weighted by molar-refractivity contribution is -0.137. The van der Waals surface area contributed by atoms with Gasteiger partial charge in [-0.2, -0.15) is 13.2 Å². The van der Waals surface area contributed by atoms with E-state index in [1.54, 1.807) is 18.7 Å². The van der Waals surface area contributed by atoms with Crippen molar-refractivity contribution in [1.82, 2.24) is 4.90 Å². The zero-order valence-corrected chi connectivity index (χ0v) is 18.4. The van der Waals surface area contributed by atoms with E-state index in [0.717, 1.165) is 50.7 Å². The number of piperidine rings is 1. The van der Waals surface area contributed by atoms with Crippen LogP contribution >= 0.6 is 0 Å². The Hall–Kier alpha value is -1.81. The molecule has 1 heterocycles. The van der Waals surface area contributed by atoms with Gasteiger partial charge in [-0.05, 0) is 50.9 Å². The van der Waals surface area contributed by atoms with Gasteiger partial charge < -0.3 is 10.2 Å². The zero-order valence-electron chi connectivity index (χ0n) is 17.6. The normalized spacial score (nSPS) is 16.6. The number of hydrogen-bond acceptors (Lipinski definition) is 5. The Morgan fingerprint density at radius 2 is 1.87 bits per heavy atom. The van der Waals surface area contributed by atoms with Gasteiger partial charge in [0.15, 0.2) is 0 Å². The molecule has 0 saturated carbocycles. The molecular weight excluding hydrogens is 419 g/mol. The summed E-state index contributed by atoms with van der Waals surface area (Å²) in [4.78, 5) is 16.3. The number of rotatable bonds is 8. The van der Waals surface area contributed by atoms with Crippen molar-refractivity contribution in [2.24, 2.45) is 0 Å². The molecule has 1 aromatic carbocycles. The number of alkyl halides is 3. The predicted octanol–water partition coefficient (Wildman–Crippen LogP) is 3.39. The van der Waals surface area contributed by atoms with Crippen molar-refractivity contribution in [3.63, 3.8) is 0 Å². The molecule has 1 fully saturated rings. The lowest BCUT2D eigenvalue weighted by Gasteiger charge is -2.31. The van der Waals surface area contributed by atoms with Crippen LogP contribution in [0.25, 0.3) is 0 Å². The highest BCUT2D eigenvalue weighted by Gasteiger charge is 2.32. The van der Waals surface area contributed by atoms with Crippen LogP contribution in [0.4, 0.5) is 24.5 Å². The number of nitrogens with zero attached hydrogens (tertiary/aromatic N) is 2. The highest BCUT2D eigenvalue weighted by molar-refractivity contribution is 7.90. The van der Waals surface area contributed by atoms with E-state index in [-0.39, 0.29) is 24.0 Å². The third-order valence-corrected chi connectivity index (χ3v) is 6.30. The number of nitrogens with one attached hydrogen (secondary N) is 1. The average Bonchev–Trinajstić information content (AvgIpc) is 2.64. The summed E-state index contributed by atoms with van der Waals surface area (Å²) in [5, 5.41) is 2.63. The van der Waals surface area contributed by atoms with E-state index in [9.17, 15) is 26.4 Å². The summed E-state index contributed by atoms with van der Waals surface area (Å²) in [6.07, 6.45) is -0.422. The van der Waals surface area contributed by atoms with E-state index < -0.39 is 27.5 Å². The van der Waals surface area contributed by atoms with Gasteiger partial charge in [-0.25, -0.2) is 8.42 Å². The van der Waals surface area contributed by atoms with Crippen LogP contribution in [0.3, 0.4) is 0 Å². The Morgan fingerprint density at radius 3 is 2.40 bits per heavy atom. The van der Waals surface area contributed by atoms with E-state index in [0.29, 0.717) is 12.2 Å². The van der Waals surface area contributed by atoms with Crippen molar-refractivity contribution in [3.05, 3.63) is 23.8 Å². The van der Waals surface area contributed by atoms with Crippen LogP contribution in [0, 0.1) is 0 Å². The Bertz CT molecular complexity index is 837. The summed E-state index contributed by atoms with van der Waals surface area (Å²) in [6.45, 7) is 5.28. The molecule has 6 nitrogen and oxygen atoms in total. The summed E-state index contributed by atoms with van der Waals surface area (Å²) < 4.78 is 62.7. The zero-order chi connectivity index (χ0) is 22.5. The first-order valence-electron chi connectivity index (χ1n) is 10.1. The van der Waals surface area contributed by atoms with E-state index in [2.05, 4.69) is 5.32 Å². The highest BCUT2D eigenvalue weighted by Crippen LogP contribution is 2.36. The molecule has 1 N–H and O–H groups in total. The van der Waals surface area contributed by atoms with E-state index >= 15 is 0 Å². The molecule has 0 radical (unpaired) electrons. The molecule has 170 valence electrons. The topological polar surface area (TPSA) is 69.7 Å².